The molecule has 23 heavy (non-hydrogen) atoms. The second-order valence-electron chi connectivity index (χ2n) is 6.47. The molecule has 0 bridgehead atoms. The van der Waals surface area contributed by atoms with E-state index in [9.17, 15) is 15.0 Å². The molecule has 2 atom stereocenters. The van der Waals surface area contributed by atoms with Crippen molar-refractivity contribution < 1.29 is 15.0 Å². The number of amides is 1. The highest BCUT2D eigenvalue weighted by Crippen LogP contribution is 2.46. The van der Waals surface area contributed by atoms with Gasteiger partial charge < -0.3 is 15.1 Å². The van der Waals surface area contributed by atoms with Crippen molar-refractivity contribution in [2.75, 3.05) is 0 Å². The van der Waals surface area contributed by atoms with E-state index in [0.29, 0.717) is 6.54 Å². The van der Waals surface area contributed by atoms with Gasteiger partial charge in [0.2, 0.25) is 5.91 Å². The molecule has 0 saturated heterocycles. The monoisotopic (exact) mass is 309 g/mol. The van der Waals surface area contributed by atoms with E-state index in [1.807, 2.05) is 17.0 Å². The summed E-state index contributed by atoms with van der Waals surface area (Å²) in [5, 5.41) is 19.8. The number of hydrogen-bond donors (Lipinski definition) is 2. The van der Waals surface area contributed by atoms with Crippen molar-refractivity contribution in [2.45, 2.75) is 38.3 Å². The summed E-state index contributed by atoms with van der Waals surface area (Å²) < 4.78 is 0. The van der Waals surface area contributed by atoms with Gasteiger partial charge in [0.05, 0.1) is 0 Å². The molecule has 1 aliphatic heterocycles. The van der Waals surface area contributed by atoms with Gasteiger partial charge in [0.25, 0.3) is 0 Å². The van der Waals surface area contributed by atoms with Crippen molar-refractivity contribution in [3.05, 3.63) is 58.7 Å². The van der Waals surface area contributed by atoms with Gasteiger partial charge in [-0.3, -0.25) is 4.79 Å². The zero-order valence-electron chi connectivity index (χ0n) is 13.0. The van der Waals surface area contributed by atoms with Crippen LogP contribution < -0.4 is 0 Å². The van der Waals surface area contributed by atoms with Crippen LogP contribution in [0.3, 0.4) is 0 Å². The molecule has 2 aromatic carbocycles. The largest absolute Gasteiger partial charge is 0.504 e. The van der Waals surface area contributed by atoms with Crippen LogP contribution in [-0.2, 0) is 17.8 Å². The van der Waals surface area contributed by atoms with Crippen LogP contribution in [0.25, 0.3) is 0 Å². The first kappa shape index (κ1) is 14.1. The summed E-state index contributed by atoms with van der Waals surface area (Å²) in [6.07, 6.45) is 1.67. The number of phenolic OH excluding ortho intramolecular Hbond substituents is 2. The van der Waals surface area contributed by atoms with Crippen LogP contribution in [-0.4, -0.2) is 27.1 Å². The topological polar surface area (TPSA) is 60.8 Å². The average Bonchev–Trinajstić information content (AvgIpc) is 2.54. The van der Waals surface area contributed by atoms with Crippen LogP contribution in [0.5, 0.6) is 11.5 Å². The molecule has 0 fully saturated rings. The summed E-state index contributed by atoms with van der Waals surface area (Å²) in [5.74, 6) is -0.0309. The van der Waals surface area contributed by atoms with Crippen LogP contribution in [0.2, 0.25) is 0 Å². The Hall–Kier alpha value is -2.49. The summed E-state index contributed by atoms with van der Waals surface area (Å²) in [6.45, 7) is 2.26. The molecule has 0 unspecified atom stereocenters. The van der Waals surface area contributed by atoms with E-state index in [0.717, 1.165) is 29.5 Å². The number of fused-ring (bicyclic) bond motifs is 5. The van der Waals surface area contributed by atoms with Crippen LogP contribution in [0.4, 0.5) is 0 Å². The Kier molecular flexibility index (Phi) is 3.08. The fourth-order valence-electron chi connectivity index (χ4n) is 4.16. The van der Waals surface area contributed by atoms with Crippen LogP contribution in [0, 0.1) is 0 Å². The molecular formula is C19H19NO3. The molecule has 1 amide bonds. The summed E-state index contributed by atoms with van der Waals surface area (Å²) in [4.78, 5) is 14.1. The predicted molar refractivity (Wildman–Crippen MR) is 86.4 cm³/mol. The zero-order valence-corrected chi connectivity index (χ0v) is 13.0. The summed E-state index contributed by atoms with van der Waals surface area (Å²) >= 11 is 0. The molecule has 1 aliphatic carbocycles. The first-order chi connectivity index (χ1) is 11.1. The van der Waals surface area contributed by atoms with E-state index in [1.165, 1.54) is 5.56 Å². The molecule has 0 saturated carbocycles. The maximum atomic E-state index is 12.1. The molecule has 118 valence electrons. The molecule has 4 nitrogen and oxygen atoms in total. The maximum Gasteiger partial charge on any atom is 0.220 e. The lowest BCUT2D eigenvalue weighted by Crippen LogP contribution is -2.48. The number of carbonyl (C=O) groups is 1. The minimum Gasteiger partial charge on any atom is -0.504 e. The normalized spacial score (nSPS) is 22.0. The van der Waals surface area contributed by atoms with Crippen molar-refractivity contribution >= 4 is 5.91 Å². The Balaban J connectivity index is 1.93. The van der Waals surface area contributed by atoms with E-state index in [4.69, 9.17) is 0 Å². The standard InChI is InChI=1S/C19H19NO3/c1-11(21)20-10-13-4-2-3-5-14(13)19-15-9-18(23)17(22)8-12(15)6-7-16(19)20/h2-5,8-9,16,19,22-23H,6-7,10H2,1H3/t16-,19-/m0/s1. The second kappa shape index (κ2) is 5.01. The highest BCUT2D eigenvalue weighted by Gasteiger charge is 2.40. The Labute approximate surface area is 135 Å². The van der Waals surface area contributed by atoms with Crippen LogP contribution in [0.15, 0.2) is 36.4 Å². The van der Waals surface area contributed by atoms with Crippen LogP contribution in [0.1, 0.15) is 41.5 Å². The highest BCUT2D eigenvalue weighted by molar-refractivity contribution is 5.75. The van der Waals surface area contributed by atoms with E-state index >= 15 is 0 Å². The molecule has 2 aromatic rings. The van der Waals surface area contributed by atoms with Gasteiger partial charge in [0, 0.05) is 25.4 Å². The van der Waals surface area contributed by atoms with Gasteiger partial charge in [-0.15, -0.1) is 0 Å². The highest BCUT2D eigenvalue weighted by atomic mass is 16.3. The number of nitrogens with zero attached hydrogens (tertiary/aromatic N) is 1. The van der Waals surface area contributed by atoms with Crippen molar-refractivity contribution in [3.8, 4) is 11.5 Å². The summed E-state index contributed by atoms with van der Waals surface area (Å²) in [5.41, 5.74) is 4.46. The first-order valence-electron chi connectivity index (χ1n) is 7.96. The van der Waals surface area contributed by atoms with Gasteiger partial charge in [0.15, 0.2) is 11.5 Å². The quantitative estimate of drug-likeness (QED) is 0.736. The number of carbonyl (C=O) groups excluding carboxylic acids is 1. The van der Waals surface area contributed by atoms with Crippen molar-refractivity contribution in [2.24, 2.45) is 0 Å². The lowest BCUT2D eigenvalue weighted by Gasteiger charge is -2.45. The van der Waals surface area contributed by atoms with Crippen molar-refractivity contribution in [1.29, 1.82) is 0 Å². The number of hydrogen-bond acceptors (Lipinski definition) is 3. The maximum absolute atomic E-state index is 12.1. The molecule has 1 heterocycles. The minimum absolute atomic E-state index is 0.0547. The third-order valence-electron chi connectivity index (χ3n) is 5.20. The number of phenols is 2. The summed E-state index contributed by atoms with van der Waals surface area (Å²) in [7, 11) is 0. The van der Waals surface area contributed by atoms with Crippen molar-refractivity contribution in [3.63, 3.8) is 0 Å². The van der Waals surface area contributed by atoms with E-state index in [2.05, 4.69) is 12.1 Å². The van der Waals surface area contributed by atoms with Gasteiger partial charge in [-0.1, -0.05) is 24.3 Å². The first-order valence-corrected chi connectivity index (χ1v) is 7.96. The number of rotatable bonds is 0. The van der Waals surface area contributed by atoms with Gasteiger partial charge >= 0.3 is 0 Å². The second-order valence-corrected chi connectivity index (χ2v) is 6.47. The third-order valence-corrected chi connectivity index (χ3v) is 5.20. The Morgan fingerprint density at radius 1 is 1.09 bits per heavy atom. The molecule has 0 radical (unpaired) electrons. The van der Waals surface area contributed by atoms with Gasteiger partial charge in [-0.2, -0.15) is 0 Å². The Morgan fingerprint density at radius 2 is 1.83 bits per heavy atom. The Morgan fingerprint density at radius 3 is 2.61 bits per heavy atom. The molecule has 0 spiro atoms. The Bertz CT molecular complexity index is 799. The fourth-order valence-corrected chi connectivity index (χ4v) is 4.16. The lowest BCUT2D eigenvalue weighted by atomic mass is 9.71. The SMILES string of the molecule is CC(=O)N1Cc2ccccc2[C@H]2c3cc(O)c(O)cc3CC[C@@H]21. The van der Waals surface area contributed by atoms with Crippen molar-refractivity contribution in [1.82, 2.24) is 4.90 Å². The molecule has 4 rings (SSSR count). The van der Waals surface area contributed by atoms with Gasteiger partial charge in [-0.25, -0.2) is 0 Å². The predicted octanol–water partition coefficient (Wildman–Crippen LogP) is 2.91. The van der Waals surface area contributed by atoms with Crippen LogP contribution >= 0.6 is 0 Å². The minimum atomic E-state index is -0.0955. The zero-order chi connectivity index (χ0) is 16.1. The third kappa shape index (κ3) is 2.09. The average molecular weight is 309 g/mol. The van der Waals surface area contributed by atoms with E-state index in [-0.39, 0.29) is 29.4 Å². The molecule has 2 aliphatic rings. The smallest absolute Gasteiger partial charge is 0.220 e. The van der Waals surface area contributed by atoms with E-state index < -0.39 is 0 Å². The molecular weight excluding hydrogens is 290 g/mol. The van der Waals surface area contributed by atoms with Gasteiger partial charge in [0.1, 0.15) is 0 Å². The van der Waals surface area contributed by atoms with E-state index in [1.54, 1.807) is 19.1 Å². The molecule has 0 aromatic heterocycles. The number of aryl methyl sites for hydroxylation is 1. The molecule has 4 heteroatoms. The number of aromatic hydroxyl groups is 2. The molecule has 2 N–H and O–H groups in total. The van der Waals surface area contributed by atoms with Gasteiger partial charge in [-0.05, 0) is 47.2 Å². The summed E-state index contributed by atoms with van der Waals surface area (Å²) in [6, 6.07) is 11.6. The lowest BCUT2D eigenvalue weighted by molar-refractivity contribution is -0.133. The number of benzene rings is 2. The fraction of sp³-hybridized carbons (Fsp3) is 0.316.